The van der Waals surface area contributed by atoms with Gasteiger partial charge < -0.3 is 10.2 Å². The van der Waals surface area contributed by atoms with Crippen LogP contribution in [0.3, 0.4) is 0 Å². The fourth-order valence-electron chi connectivity index (χ4n) is 2.91. The van der Waals surface area contributed by atoms with Gasteiger partial charge in [-0.2, -0.15) is 0 Å². The van der Waals surface area contributed by atoms with E-state index in [4.69, 9.17) is 0 Å². The molecule has 2 aromatic rings. The summed E-state index contributed by atoms with van der Waals surface area (Å²) in [6.07, 6.45) is 1.70. The Morgan fingerprint density at radius 2 is 2.00 bits per heavy atom. The van der Waals surface area contributed by atoms with Gasteiger partial charge in [0.2, 0.25) is 0 Å². The molecule has 0 aliphatic carbocycles. The fourth-order valence-corrected chi connectivity index (χ4v) is 2.91. The van der Waals surface area contributed by atoms with Gasteiger partial charge in [0.05, 0.1) is 11.9 Å². The van der Waals surface area contributed by atoms with Crippen molar-refractivity contribution < 1.29 is 4.79 Å². The SMILES string of the molecule is Cc1cccc(-n2cc(C(=O)N3C[C@@H](C)N[C@H](C)C3)nn2)c1. The number of piperazine rings is 1. The number of hydrogen-bond donors (Lipinski definition) is 1. The number of nitrogens with one attached hydrogen (secondary N) is 1. The van der Waals surface area contributed by atoms with Crippen LogP contribution < -0.4 is 5.32 Å². The van der Waals surface area contributed by atoms with Crippen molar-refractivity contribution in [3.8, 4) is 5.69 Å². The second-order valence-electron chi connectivity index (χ2n) is 6.07. The molecule has 1 aliphatic rings. The number of amides is 1. The van der Waals surface area contributed by atoms with Crippen LogP contribution in [0.15, 0.2) is 30.5 Å². The molecule has 1 saturated heterocycles. The molecule has 0 saturated carbocycles. The smallest absolute Gasteiger partial charge is 0.276 e. The third-order valence-electron chi connectivity index (χ3n) is 3.82. The lowest BCUT2D eigenvalue weighted by molar-refractivity contribution is 0.0667. The number of benzene rings is 1. The van der Waals surface area contributed by atoms with Gasteiger partial charge in [-0.3, -0.25) is 4.79 Å². The second kappa shape index (κ2) is 5.88. The number of aryl methyl sites for hydroxylation is 1. The summed E-state index contributed by atoms with van der Waals surface area (Å²) in [5, 5.41) is 11.6. The molecule has 2 atom stereocenters. The summed E-state index contributed by atoms with van der Waals surface area (Å²) in [5.41, 5.74) is 2.45. The molecule has 0 bridgehead atoms. The maximum atomic E-state index is 12.6. The van der Waals surface area contributed by atoms with E-state index in [0.29, 0.717) is 30.9 Å². The van der Waals surface area contributed by atoms with E-state index in [1.165, 1.54) is 0 Å². The first-order chi connectivity index (χ1) is 10.5. The second-order valence-corrected chi connectivity index (χ2v) is 6.07. The number of aromatic nitrogens is 3. The van der Waals surface area contributed by atoms with E-state index in [2.05, 4.69) is 29.5 Å². The maximum absolute atomic E-state index is 12.6. The van der Waals surface area contributed by atoms with Gasteiger partial charge in [-0.1, -0.05) is 17.3 Å². The van der Waals surface area contributed by atoms with E-state index in [1.54, 1.807) is 10.9 Å². The Kier molecular flexibility index (Phi) is 3.94. The molecule has 1 aromatic heterocycles. The molecule has 1 aliphatic heterocycles. The third kappa shape index (κ3) is 3.01. The average Bonchev–Trinajstić information content (AvgIpc) is 2.95. The molecule has 0 radical (unpaired) electrons. The topological polar surface area (TPSA) is 63.1 Å². The number of carbonyl (C=O) groups is 1. The highest BCUT2D eigenvalue weighted by molar-refractivity contribution is 5.92. The molecule has 1 N–H and O–H groups in total. The largest absolute Gasteiger partial charge is 0.334 e. The molecular formula is C16H21N5O. The van der Waals surface area contributed by atoms with Crippen molar-refractivity contribution in [1.82, 2.24) is 25.2 Å². The number of rotatable bonds is 2. The van der Waals surface area contributed by atoms with Crippen LogP contribution in [0, 0.1) is 6.92 Å². The molecule has 0 unspecified atom stereocenters. The highest BCUT2D eigenvalue weighted by Gasteiger charge is 2.27. The van der Waals surface area contributed by atoms with Crippen molar-refractivity contribution in [2.45, 2.75) is 32.9 Å². The van der Waals surface area contributed by atoms with Gasteiger partial charge in [-0.15, -0.1) is 5.10 Å². The molecule has 3 rings (SSSR count). The van der Waals surface area contributed by atoms with E-state index in [9.17, 15) is 4.79 Å². The Bertz CT molecular complexity index is 671. The van der Waals surface area contributed by atoms with Crippen molar-refractivity contribution in [3.05, 3.63) is 41.7 Å². The van der Waals surface area contributed by atoms with E-state index in [-0.39, 0.29) is 5.91 Å². The molecule has 2 heterocycles. The minimum atomic E-state index is -0.0564. The zero-order valence-electron chi connectivity index (χ0n) is 13.2. The minimum Gasteiger partial charge on any atom is -0.334 e. The summed E-state index contributed by atoms with van der Waals surface area (Å²) in [6.45, 7) is 7.58. The standard InChI is InChI=1S/C16H21N5O/c1-11-5-4-6-14(7-11)21-10-15(18-19-21)16(22)20-8-12(2)17-13(3)9-20/h4-7,10,12-13,17H,8-9H2,1-3H3/t12-,13-/m1/s1. The van der Waals surface area contributed by atoms with E-state index in [1.807, 2.05) is 36.1 Å². The van der Waals surface area contributed by atoms with Gasteiger partial charge in [0.1, 0.15) is 0 Å². The van der Waals surface area contributed by atoms with Crippen LogP contribution >= 0.6 is 0 Å². The van der Waals surface area contributed by atoms with Crippen molar-refractivity contribution in [2.75, 3.05) is 13.1 Å². The summed E-state index contributed by atoms with van der Waals surface area (Å²) in [7, 11) is 0. The first-order valence-corrected chi connectivity index (χ1v) is 7.57. The normalized spacial score (nSPS) is 21.9. The molecule has 0 spiro atoms. The van der Waals surface area contributed by atoms with Crippen molar-refractivity contribution in [2.24, 2.45) is 0 Å². The monoisotopic (exact) mass is 299 g/mol. The van der Waals surface area contributed by atoms with Crippen molar-refractivity contribution >= 4 is 5.91 Å². The van der Waals surface area contributed by atoms with Crippen LogP contribution in [0.5, 0.6) is 0 Å². The third-order valence-corrected chi connectivity index (χ3v) is 3.82. The number of hydrogen-bond acceptors (Lipinski definition) is 4. The van der Waals surface area contributed by atoms with Gasteiger partial charge in [-0.25, -0.2) is 4.68 Å². The highest BCUT2D eigenvalue weighted by atomic mass is 16.2. The molecule has 116 valence electrons. The number of carbonyl (C=O) groups excluding carboxylic acids is 1. The fraction of sp³-hybridized carbons (Fsp3) is 0.438. The molecule has 6 heteroatoms. The molecule has 1 fully saturated rings. The van der Waals surface area contributed by atoms with Crippen molar-refractivity contribution in [3.63, 3.8) is 0 Å². The Morgan fingerprint density at radius 3 is 2.68 bits per heavy atom. The average molecular weight is 299 g/mol. The van der Waals surface area contributed by atoms with Gasteiger partial charge in [-0.05, 0) is 38.5 Å². The van der Waals surface area contributed by atoms with E-state index >= 15 is 0 Å². The first-order valence-electron chi connectivity index (χ1n) is 7.57. The summed E-state index contributed by atoms with van der Waals surface area (Å²) < 4.78 is 1.65. The van der Waals surface area contributed by atoms with Crippen LogP contribution in [-0.4, -0.2) is 51.0 Å². The van der Waals surface area contributed by atoms with Crippen LogP contribution in [0.2, 0.25) is 0 Å². The van der Waals surface area contributed by atoms with Gasteiger partial charge in [0.15, 0.2) is 5.69 Å². The Morgan fingerprint density at radius 1 is 1.27 bits per heavy atom. The Hall–Kier alpha value is -2.21. The Balaban J connectivity index is 1.80. The van der Waals surface area contributed by atoms with Crippen LogP contribution in [-0.2, 0) is 0 Å². The van der Waals surface area contributed by atoms with Crippen molar-refractivity contribution in [1.29, 1.82) is 0 Å². The van der Waals surface area contributed by atoms with Crippen LogP contribution in [0.25, 0.3) is 5.69 Å². The highest BCUT2D eigenvalue weighted by Crippen LogP contribution is 2.12. The Labute approximate surface area is 130 Å². The zero-order valence-corrected chi connectivity index (χ0v) is 13.2. The van der Waals surface area contributed by atoms with Crippen LogP contribution in [0.4, 0.5) is 0 Å². The molecule has 1 aromatic carbocycles. The zero-order chi connectivity index (χ0) is 15.7. The lowest BCUT2D eigenvalue weighted by Gasteiger charge is -2.35. The predicted octanol–water partition coefficient (Wildman–Crippen LogP) is 1.40. The maximum Gasteiger partial charge on any atom is 0.276 e. The lowest BCUT2D eigenvalue weighted by atomic mass is 10.1. The van der Waals surface area contributed by atoms with Gasteiger partial charge in [0.25, 0.3) is 5.91 Å². The number of nitrogens with zero attached hydrogens (tertiary/aromatic N) is 4. The minimum absolute atomic E-state index is 0.0564. The molecule has 22 heavy (non-hydrogen) atoms. The van der Waals surface area contributed by atoms with Crippen LogP contribution in [0.1, 0.15) is 29.9 Å². The summed E-state index contributed by atoms with van der Waals surface area (Å²) >= 11 is 0. The molecular weight excluding hydrogens is 278 g/mol. The van der Waals surface area contributed by atoms with E-state index < -0.39 is 0 Å². The summed E-state index contributed by atoms with van der Waals surface area (Å²) in [6, 6.07) is 8.53. The lowest BCUT2D eigenvalue weighted by Crippen LogP contribution is -2.55. The summed E-state index contributed by atoms with van der Waals surface area (Å²) in [4.78, 5) is 14.4. The van der Waals surface area contributed by atoms with Gasteiger partial charge in [0, 0.05) is 25.2 Å². The molecule has 1 amide bonds. The summed E-state index contributed by atoms with van der Waals surface area (Å²) in [5.74, 6) is -0.0564. The molecule has 6 nitrogen and oxygen atoms in total. The van der Waals surface area contributed by atoms with E-state index in [0.717, 1.165) is 11.3 Å². The quantitative estimate of drug-likeness (QED) is 0.910. The van der Waals surface area contributed by atoms with Gasteiger partial charge >= 0.3 is 0 Å². The first kappa shape index (κ1) is 14.7. The predicted molar refractivity (Wildman–Crippen MR) is 84.1 cm³/mol.